The fourth-order valence-corrected chi connectivity index (χ4v) is 2.77. The summed E-state index contributed by atoms with van der Waals surface area (Å²) in [6, 6.07) is 10.6. The minimum absolute atomic E-state index is 0.0615. The molecule has 0 bridgehead atoms. The maximum atomic E-state index is 11.9. The predicted octanol–water partition coefficient (Wildman–Crippen LogP) is 3.18. The number of hydrogen-bond donors (Lipinski definition) is 3. The molecule has 27 heavy (non-hydrogen) atoms. The van der Waals surface area contributed by atoms with Gasteiger partial charge in [-0.2, -0.15) is 5.10 Å². The molecule has 0 spiro atoms. The average Bonchev–Trinajstić information content (AvgIpc) is 2.61. The highest BCUT2D eigenvalue weighted by Gasteiger charge is 2.10. The number of carbonyl (C=O) groups excluding carboxylic acids is 2. The van der Waals surface area contributed by atoms with Crippen molar-refractivity contribution in [2.45, 2.75) is 20.3 Å². The molecule has 0 aliphatic carbocycles. The third kappa shape index (κ3) is 6.55. The first-order valence-electron chi connectivity index (χ1n) is 8.22. The van der Waals surface area contributed by atoms with Crippen molar-refractivity contribution in [2.75, 3.05) is 11.9 Å². The zero-order valence-electron chi connectivity index (χ0n) is 15.0. The summed E-state index contributed by atoms with van der Waals surface area (Å²) >= 11 is 1.98. The van der Waals surface area contributed by atoms with Gasteiger partial charge >= 0.3 is 0 Å². The van der Waals surface area contributed by atoms with Gasteiger partial charge in [0.2, 0.25) is 11.8 Å². The number of ether oxygens (including phenoxy) is 1. The number of nitrogens with one attached hydrogen (secondary N) is 2. The van der Waals surface area contributed by atoms with Crippen LogP contribution in [0.1, 0.15) is 24.5 Å². The smallest absolute Gasteiger partial charge is 0.249 e. The number of aromatic hydroxyl groups is 1. The molecule has 8 heteroatoms. The average molecular weight is 481 g/mol. The molecule has 0 aliphatic heterocycles. The number of amides is 2. The summed E-state index contributed by atoms with van der Waals surface area (Å²) in [4.78, 5) is 23.7. The van der Waals surface area contributed by atoms with Gasteiger partial charge in [0.25, 0.3) is 0 Å². The number of benzene rings is 2. The van der Waals surface area contributed by atoms with Crippen LogP contribution in [-0.4, -0.2) is 29.7 Å². The molecule has 0 saturated carbocycles. The van der Waals surface area contributed by atoms with Crippen LogP contribution < -0.4 is 15.5 Å². The lowest BCUT2D eigenvalue weighted by Gasteiger charge is -2.08. The first-order valence-corrected chi connectivity index (χ1v) is 9.30. The summed E-state index contributed by atoms with van der Waals surface area (Å²) in [7, 11) is 0. The molecule has 0 fully saturated rings. The minimum Gasteiger partial charge on any atom is -0.504 e. The Bertz CT molecular complexity index is 851. The van der Waals surface area contributed by atoms with Crippen molar-refractivity contribution in [3.8, 4) is 11.5 Å². The fraction of sp³-hybridized carbons (Fsp3) is 0.211. The number of aryl methyl sites for hydroxylation is 1. The van der Waals surface area contributed by atoms with E-state index in [1.807, 2.05) is 48.6 Å². The van der Waals surface area contributed by atoms with Crippen molar-refractivity contribution in [1.82, 2.24) is 5.43 Å². The number of carbonyl (C=O) groups is 2. The molecule has 0 heterocycles. The lowest BCUT2D eigenvalue weighted by Crippen LogP contribution is -2.24. The van der Waals surface area contributed by atoms with Crippen LogP contribution in [0.2, 0.25) is 0 Å². The van der Waals surface area contributed by atoms with E-state index in [1.165, 1.54) is 6.21 Å². The van der Waals surface area contributed by atoms with Crippen LogP contribution in [0.15, 0.2) is 41.5 Å². The number of halogens is 1. The van der Waals surface area contributed by atoms with E-state index in [1.54, 1.807) is 24.3 Å². The number of hydrogen-bond acceptors (Lipinski definition) is 5. The number of rotatable bonds is 7. The van der Waals surface area contributed by atoms with Gasteiger partial charge in [0.15, 0.2) is 11.5 Å². The molecule has 7 nitrogen and oxygen atoms in total. The Balaban J connectivity index is 1.89. The Morgan fingerprint density at radius 1 is 1.22 bits per heavy atom. The van der Waals surface area contributed by atoms with Gasteiger partial charge in [0, 0.05) is 5.69 Å². The quantitative estimate of drug-likeness (QED) is 0.245. The van der Waals surface area contributed by atoms with Crippen molar-refractivity contribution in [3.63, 3.8) is 0 Å². The highest BCUT2D eigenvalue weighted by molar-refractivity contribution is 14.1. The summed E-state index contributed by atoms with van der Waals surface area (Å²) in [5.74, 6) is -0.556. The molecule has 142 valence electrons. The molecular formula is C19H20IN3O4. The molecule has 2 rings (SSSR count). The Hall–Kier alpha value is -2.62. The molecule has 0 unspecified atom stereocenters. The van der Waals surface area contributed by atoms with Crippen LogP contribution in [0.25, 0.3) is 0 Å². The van der Waals surface area contributed by atoms with Crippen molar-refractivity contribution in [3.05, 3.63) is 51.1 Å². The monoisotopic (exact) mass is 481 g/mol. The second-order valence-electron chi connectivity index (χ2n) is 5.67. The molecule has 2 aromatic carbocycles. The maximum Gasteiger partial charge on any atom is 0.249 e. The number of phenols is 1. The van der Waals surface area contributed by atoms with Gasteiger partial charge in [-0.25, -0.2) is 5.43 Å². The van der Waals surface area contributed by atoms with Crippen molar-refractivity contribution in [1.29, 1.82) is 0 Å². The topological polar surface area (TPSA) is 100 Å². The van der Waals surface area contributed by atoms with E-state index in [0.29, 0.717) is 27.2 Å². The first-order chi connectivity index (χ1) is 12.9. The summed E-state index contributed by atoms with van der Waals surface area (Å²) in [6.45, 7) is 4.18. The SMILES string of the molecule is CCOc1cc(/C=N/NC(=O)CC(=O)Nc2ccc(C)cc2)cc(I)c1O. The van der Waals surface area contributed by atoms with E-state index in [2.05, 4.69) is 15.8 Å². The number of nitrogens with zero attached hydrogens (tertiary/aromatic N) is 1. The number of anilines is 1. The lowest BCUT2D eigenvalue weighted by molar-refractivity contribution is -0.126. The molecule has 2 aromatic rings. The van der Waals surface area contributed by atoms with Crippen LogP contribution in [0.5, 0.6) is 11.5 Å². The molecular weight excluding hydrogens is 461 g/mol. The highest BCUT2D eigenvalue weighted by atomic mass is 127. The third-order valence-electron chi connectivity index (χ3n) is 3.41. The van der Waals surface area contributed by atoms with Crippen LogP contribution in [0.4, 0.5) is 5.69 Å². The minimum atomic E-state index is -0.533. The van der Waals surface area contributed by atoms with E-state index in [9.17, 15) is 14.7 Å². The van der Waals surface area contributed by atoms with E-state index in [0.717, 1.165) is 5.56 Å². The van der Waals surface area contributed by atoms with Crippen LogP contribution in [0.3, 0.4) is 0 Å². The molecule has 2 amide bonds. The lowest BCUT2D eigenvalue weighted by atomic mass is 10.2. The number of phenolic OH excluding ortho intramolecular Hbond substituents is 1. The van der Waals surface area contributed by atoms with Gasteiger partial charge in [0.05, 0.1) is 16.4 Å². The third-order valence-corrected chi connectivity index (χ3v) is 4.23. The van der Waals surface area contributed by atoms with Crippen molar-refractivity contribution >= 4 is 46.3 Å². The van der Waals surface area contributed by atoms with Gasteiger partial charge in [-0.15, -0.1) is 0 Å². The van der Waals surface area contributed by atoms with Crippen molar-refractivity contribution in [2.24, 2.45) is 5.10 Å². The molecule has 0 radical (unpaired) electrons. The fourth-order valence-electron chi connectivity index (χ4n) is 2.14. The molecule has 0 aliphatic rings. The Morgan fingerprint density at radius 2 is 1.93 bits per heavy atom. The Morgan fingerprint density at radius 3 is 2.59 bits per heavy atom. The first kappa shape index (κ1) is 20.7. The van der Waals surface area contributed by atoms with E-state index in [4.69, 9.17) is 4.74 Å². The Labute approximate surface area is 171 Å². The van der Waals surface area contributed by atoms with Crippen LogP contribution in [0, 0.1) is 10.5 Å². The van der Waals surface area contributed by atoms with E-state index >= 15 is 0 Å². The second kappa shape index (κ2) is 9.91. The molecule has 0 saturated heterocycles. The summed E-state index contributed by atoms with van der Waals surface area (Å²) in [5, 5.41) is 16.4. The Kier molecular flexibility index (Phi) is 7.59. The zero-order chi connectivity index (χ0) is 19.8. The van der Waals surface area contributed by atoms with Gasteiger partial charge in [-0.05, 0) is 66.3 Å². The maximum absolute atomic E-state index is 11.9. The molecule has 3 N–H and O–H groups in total. The number of hydrazone groups is 1. The molecule has 0 aromatic heterocycles. The van der Waals surface area contributed by atoms with Crippen LogP contribution >= 0.6 is 22.6 Å². The van der Waals surface area contributed by atoms with Gasteiger partial charge in [-0.3, -0.25) is 9.59 Å². The summed E-state index contributed by atoms with van der Waals surface area (Å²) < 4.78 is 5.95. The van der Waals surface area contributed by atoms with Crippen LogP contribution in [-0.2, 0) is 9.59 Å². The molecule has 0 atom stereocenters. The van der Waals surface area contributed by atoms with E-state index in [-0.39, 0.29) is 12.2 Å². The van der Waals surface area contributed by atoms with Crippen molar-refractivity contribution < 1.29 is 19.4 Å². The normalized spacial score (nSPS) is 10.6. The largest absolute Gasteiger partial charge is 0.504 e. The van der Waals surface area contributed by atoms with Gasteiger partial charge in [0.1, 0.15) is 6.42 Å². The summed E-state index contributed by atoms with van der Waals surface area (Å²) in [6.07, 6.45) is 1.07. The highest BCUT2D eigenvalue weighted by Crippen LogP contribution is 2.32. The zero-order valence-corrected chi connectivity index (χ0v) is 17.1. The summed E-state index contributed by atoms with van der Waals surface area (Å²) in [5.41, 5.74) is 4.66. The predicted molar refractivity (Wildman–Crippen MR) is 112 cm³/mol. The van der Waals surface area contributed by atoms with Gasteiger partial charge in [-0.1, -0.05) is 17.7 Å². The van der Waals surface area contributed by atoms with E-state index < -0.39 is 11.8 Å². The second-order valence-corrected chi connectivity index (χ2v) is 6.83. The standard InChI is InChI=1S/C19H20IN3O4/c1-3-27-16-9-13(8-15(20)19(16)26)11-21-23-18(25)10-17(24)22-14-6-4-12(2)5-7-14/h4-9,11,26H,3,10H2,1-2H3,(H,22,24)(H,23,25)/b21-11+. The van der Waals surface area contributed by atoms with Gasteiger partial charge < -0.3 is 15.2 Å².